The predicted octanol–water partition coefficient (Wildman–Crippen LogP) is 4.64. The SMILES string of the molecule is O=c1cc(CSc2nc3ccccc3n2CCc2ccccc2)nc2sccn12. The average molecular weight is 419 g/mol. The van der Waals surface area contributed by atoms with E-state index in [1.54, 1.807) is 28.4 Å². The summed E-state index contributed by atoms with van der Waals surface area (Å²) in [4.78, 5) is 22.4. The minimum absolute atomic E-state index is 0.0376. The number of hydrogen-bond acceptors (Lipinski definition) is 5. The molecule has 0 aliphatic heterocycles. The Bertz CT molecular complexity index is 1340. The van der Waals surface area contributed by atoms with Crippen LogP contribution in [0.2, 0.25) is 0 Å². The second-order valence-electron chi connectivity index (χ2n) is 6.70. The van der Waals surface area contributed by atoms with Crippen LogP contribution in [-0.2, 0) is 18.7 Å². The molecular formula is C22H18N4OS2. The number of rotatable bonds is 6. The van der Waals surface area contributed by atoms with Gasteiger partial charge in [0.2, 0.25) is 0 Å². The summed E-state index contributed by atoms with van der Waals surface area (Å²) in [6.45, 7) is 0.854. The van der Waals surface area contributed by atoms with Crippen LogP contribution in [-0.4, -0.2) is 18.9 Å². The third-order valence-electron chi connectivity index (χ3n) is 4.79. The van der Waals surface area contributed by atoms with Crippen LogP contribution < -0.4 is 5.56 Å². The lowest BCUT2D eigenvalue weighted by Gasteiger charge is -2.09. The van der Waals surface area contributed by atoms with Crippen molar-refractivity contribution in [1.82, 2.24) is 18.9 Å². The molecule has 3 aromatic heterocycles. The summed E-state index contributed by atoms with van der Waals surface area (Å²) >= 11 is 3.10. The van der Waals surface area contributed by atoms with Crippen molar-refractivity contribution in [3.8, 4) is 0 Å². The summed E-state index contributed by atoms with van der Waals surface area (Å²) in [6.07, 6.45) is 2.70. The quantitative estimate of drug-likeness (QED) is 0.377. The van der Waals surface area contributed by atoms with E-state index in [2.05, 4.69) is 39.9 Å². The van der Waals surface area contributed by atoms with Crippen molar-refractivity contribution >= 4 is 39.1 Å². The third-order valence-corrected chi connectivity index (χ3v) is 6.56. The molecule has 144 valence electrons. The van der Waals surface area contributed by atoms with Gasteiger partial charge in [0.25, 0.3) is 5.56 Å². The number of aromatic nitrogens is 4. The second-order valence-corrected chi connectivity index (χ2v) is 8.52. The Morgan fingerprint density at radius 1 is 1.00 bits per heavy atom. The highest BCUT2D eigenvalue weighted by Gasteiger charge is 2.12. The highest BCUT2D eigenvalue weighted by molar-refractivity contribution is 7.98. The minimum Gasteiger partial charge on any atom is -0.319 e. The van der Waals surface area contributed by atoms with E-state index in [-0.39, 0.29) is 5.56 Å². The average Bonchev–Trinajstić information content (AvgIpc) is 3.36. The maximum absolute atomic E-state index is 12.2. The third kappa shape index (κ3) is 3.71. The first-order valence-corrected chi connectivity index (χ1v) is 11.2. The maximum Gasteiger partial charge on any atom is 0.258 e. The van der Waals surface area contributed by atoms with Crippen LogP contribution in [0.4, 0.5) is 0 Å². The lowest BCUT2D eigenvalue weighted by atomic mass is 10.1. The molecule has 0 unspecified atom stereocenters. The van der Waals surface area contributed by atoms with E-state index >= 15 is 0 Å². The fraction of sp³-hybridized carbons (Fsp3) is 0.136. The standard InChI is InChI=1S/C22H18N4OS2/c27-20-14-17(23-21-26(20)12-13-28-21)15-29-22-24-18-8-4-5-9-19(18)25(22)11-10-16-6-2-1-3-7-16/h1-9,12-14H,10-11,15H2. The summed E-state index contributed by atoms with van der Waals surface area (Å²) in [5.41, 5.74) is 4.17. The Balaban J connectivity index is 1.43. The molecule has 7 heteroatoms. The van der Waals surface area contributed by atoms with Gasteiger partial charge in [-0.3, -0.25) is 9.20 Å². The van der Waals surface area contributed by atoms with Crippen molar-refractivity contribution < 1.29 is 0 Å². The molecule has 29 heavy (non-hydrogen) atoms. The molecule has 0 saturated heterocycles. The molecule has 2 aromatic carbocycles. The fourth-order valence-electron chi connectivity index (χ4n) is 3.37. The molecule has 0 bridgehead atoms. The molecule has 0 atom stereocenters. The van der Waals surface area contributed by atoms with Crippen molar-refractivity contribution in [2.45, 2.75) is 23.9 Å². The Morgan fingerprint density at radius 2 is 1.83 bits per heavy atom. The smallest absolute Gasteiger partial charge is 0.258 e. The Labute approximate surface area is 175 Å². The summed E-state index contributed by atoms with van der Waals surface area (Å²) in [7, 11) is 0. The van der Waals surface area contributed by atoms with Crippen molar-refractivity contribution in [1.29, 1.82) is 0 Å². The van der Waals surface area contributed by atoms with Gasteiger partial charge in [-0.05, 0) is 24.1 Å². The number of thioether (sulfide) groups is 1. The monoisotopic (exact) mass is 418 g/mol. The Kier molecular flexibility index (Phi) is 4.91. The highest BCUT2D eigenvalue weighted by Crippen LogP contribution is 2.27. The number of hydrogen-bond donors (Lipinski definition) is 0. The number of benzene rings is 2. The van der Waals surface area contributed by atoms with Gasteiger partial charge < -0.3 is 4.57 Å². The first kappa shape index (κ1) is 18.1. The number of aryl methyl sites for hydroxylation is 2. The molecule has 0 radical (unpaired) electrons. The molecule has 3 heterocycles. The van der Waals surface area contributed by atoms with Crippen LogP contribution in [0.25, 0.3) is 16.0 Å². The highest BCUT2D eigenvalue weighted by atomic mass is 32.2. The predicted molar refractivity (Wildman–Crippen MR) is 119 cm³/mol. The molecule has 0 aliphatic rings. The second kappa shape index (κ2) is 7.85. The first-order valence-electron chi connectivity index (χ1n) is 9.36. The van der Waals surface area contributed by atoms with E-state index in [0.29, 0.717) is 5.75 Å². The van der Waals surface area contributed by atoms with Crippen LogP contribution in [0, 0.1) is 0 Å². The van der Waals surface area contributed by atoms with Crippen molar-refractivity contribution in [2.24, 2.45) is 0 Å². The molecule has 0 spiro atoms. The lowest BCUT2D eigenvalue weighted by molar-refractivity contribution is 0.652. The molecule has 0 aliphatic carbocycles. The normalized spacial score (nSPS) is 11.4. The number of nitrogens with zero attached hydrogens (tertiary/aromatic N) is 4. The summed E-state index contributed by atoms with van der Waals surface area (Å²) in [5, 5.41) is 2.83. The van der Waals surface area contributed by atoms with Crippen LogP contribution in [0.15, 0.2) is 82.2 Å². The van der Waals surface area contributed by atoms with Crippen LogP contribution >= 0.6 is 23.1 Å². The zero-order valence-electron chi connectivity index (χ0n) is 15.6. The van der Waals surface area contributed by atoms with Gasteiger partial charge in [-0.25, -0.2) is 9.97 Å². The fourth-order valence-corrected chi connectivity index (χ4v) is 5.04. The van der Waals surface area contributed by atoms with Gasteiger partial charge in [-0.15, -0.1) is 11.3 Å². The minimum atomic E-state index is -0.0376. The molecular weight excluding hydrogens is 400 g/mol. The Hall–Kier alpha value is -2.90. The van der Waals surface area contributed by atoms with E-state index in [4.69, 9.17) is 4.98 Å². The van der Waals surface area contributed by atoms with Crippen molar-refractivity contribution in [2.75, 3.05) is 0 Å². The van der Waals surface area contributed by atoms with Crippen LogP contribution in [0.3, 0.4) is 0 Å². The van der Waals surface area contributed by atoms with Crippen LogP contribution in [0.5, 0.6) is 0 Å². The number of fused-ring (bicyclic) bond motifs is 2. The molecule has 5 nitrogen and oxygen atoms in total. The Morgan fingerprint density at radius 3 is 2.72 bits per heavy atom. The maximum atomic E-state index is 12.2. The lowest BCUT2D eigenvalue weighted by Crippen LogP contribution is -2.12. The molecule has 0 fully saturated rings. The van der Waals surface area contributed by atoms with Crippen LogP contribution in [0.1, 0.15) is 11.3 Å². The van der Waals surface area contributed by atoms with Gasteiger partial charge in [0.05, 0.1) is 16.7 Å². The largest absolute Gasteiger partial charge is 0.319 e. The van der Waals surface area contributed by atoms with Crippen molar-refractivity contribution in [3.63, 3.8) is 0 Å². The molecule has 0 saturated carbocycles. The zero-order chi connectivity index (χ0) is 19.6. The van der Waals surface area contributed by atoms with E-state index in [1.807, 2.05) is 29.6 Å². The van der Waals surface area contributed by atoms with Gasteiger partial charge in [-0.1, -0.05) is 54.2 Å². The van der Waals surface area contributed by atoms with Gasteiger partial charge in [0, 0.05) is 29.9 Å². The molecule has 5 aromatic rings. The van der Waals surface area contributed by atoms with Gasteiger partial charge >= 0.3 is 0 Å². The van der Waals surface area contributed by atoms with E-state index in [1.165, 1.54) is 16.9 Å². The summed E-state index contributed by atoms with van der Waals surface area (Å²) in [6, 6.07) is 20.3. The van der Waals surface area contributed by atoms with E-state index in [0.717, 1.165) is 39.8 Å². The number of thiazole rings is 1. The number of para-hydroxylation sites is 2. The number of imidazole rings is 1. The summed E-state index contributed by atoms with van der Waals surface area (Å²) in [5.74, 6) is 0.609. The van der Waals surface area contributed by atoms with Gasteiger partial charge in [0.1, 0.15) is 0 Å². The van der Waals surface area contributed by atoms with Gasteiger partial charge in [-0.2, -0.15) is 0 Å². The molecule has 0 N–H and O–H groups in total. The molecule has 0 amide bonds. The molecule has 5 rings (SSSR count). The zero-order valence-corrected chi connectivity index (χ0v) is 17.2. The van der Waals surface area contributed by atoms with Crippen molar-refractivity contribution in [3.05, 3.63) is 93.9 Å². The van der Waals surface area contributed by atoms with Gasteiger partial charge in [0.15, 0.2) is 10.1 Å². The van der Waals surface area contributed by atoms with E-state index in [9.17, 15) is 4.79 Å². The van der Waals surface area contributed by atoms with E-state index < -0.39 is 0 Å². The first-order chi connectivity index (χ1) is 14.3. The summed E-state index contributed by atoms with van der Waals surface area (Å²) < 4.78 is 3.84. The topological polar surface area (TPSA) is 52.2 Å².